The number of sulfonamides is 1. The van der Waals surface area contributed by atoms with E-state index in [1.165, 1.54) is 21.1 Å². The fourth-order valence-electron chi connectivity index (χ4n) is 4.71. The highest BCUT2D eigenvalue weighted by Gasteiger charge is 2.31. The smallest absolute Gasteiger partial charge is 0.320 e. The molecule has 0 amide bonds. The highest BCUT2D eigenvalue weighted by Crippen LogP contribution is 2.32. The van der Waals surface area contributed by atoms with E-state index in [1.54, 1.807) is 24.9 Å². The number of hydrogen-bond acceptors (Lipinski definition) is 12. The first-order valence-electron chi connectivity index (χ1n) is 13.7. The molecule has 1 atom stereocenters. The molecule has 0 spiro atoms. The zero-order valence-corrected chi connectivity index (χ0v) is 27.0. The summed E-state index contributed by atoms with van der Waals surface area (Å²) in [6.45, 7) is 4.40. The topological polar surface area (TPSA) is 174 Å². The van der Waals surface area contributed by atoms with Gasteiger partial charge in [0.2, 0.25) is 10.0 Å². The van der Waals surface area contributed by atoms with Crippen LogP contribution in [0.25, 0.3) is 22.4 Å². The number of piperazine rings is 1. The largest absolute Gasteiger partial charge is 0.493 e. The molecule has 236 valence electrons. The highest BCUT2D eigenvalue weighted by atomic mass is 32.2. The maximum atomic E-state index is 13.7. The minimum atomic E-state index is -3.96. The van der Waals surface area contributed by atoms with Crippen LogP contribution in [-0.4, -0.2) is 109 Å². The molecule has 3 aromatic rings. The lowest BCUT2D eigenvalue weighted by Gasteiger charge is -2.33. The third-order valence-electron chi connectivity index (χ3n) is 6.96. The van der Waals surface area contributed by atoms with Crippen molar-refractivity contribution in [2.45, 2.75) is 36.2 Å². The standard InChI is InChI=1S/C26H36N6O8S3/c1-5-7-19-23-24(30(3)29-19)26(34)28-25(27-23)18-14-17(8-9-20(18)39-6-2)43(37,38)32-12-10-31(11-13-32)15-21(33)40-16-22(41)42(4,35)36/h8-9,14,22,41H,5-7,10-13,15-16H2,1-4H3,(H,27,28,34). The lowest BCUT2D eigenvalue weighted by atomic mass is 10.1. The van der Waals surface area contributed by atoms with E-state index < -0.39 is 36.0 Å². The summed E-state index contributed by atoms with van der Waals surface area (Å²) in [5.74, 6) is -0.0807. The SMILES string of the molecule is CCCc1nn(C)c2c(=O)[nH]c(-c3cc(S(=O)(=O)N4CCN(CC(=O)OCC(S)S(C)(=O)=O)CC4)ccc3OCC)nc12. The molecule has 1 fully saturated rings. The fourth-order valence-corrected chi connectivity index (χ4v) is 6.55. The van der Waals surface area contributed by atoms with Crippen molar-refractivity contribution in [2.75, 3.05) is 52.2 Å². The van der Waals surface area contributed by atoms with Crippen LogP contribution in [0.15, 0.2) is 27.9 Å². The molecule has 1 aromatic carbocycles. The zero-order valence-electron chi connectivity index (χ0n) is 24.4. The quantitative estimate of drug-likeness (QED) is 0.209. The Hall–Kier alpha value is -2.99. The summed E-state index contributed by atoms with van der Waals surface area (Å²) in [5, 5.41) is 4.44. The number of carbonyl (C=O) groups is 1. The van der Waals surface area contributed by atoms with Gasteiger partial charge in [-0.05, 0) is 31.5 Å². The van der Waals surface area contributed by atoms with E-state index in [1.807, 2.05) is 6.92 Å². The monoisotopic (exact) mass is 656 g/mol. The van der Waals surface area contributed by atoms with Crippen molar-refractivity contribution in [1.29, 1.82) is 0 Å². The maximum absolute atomic E-state index is 13.7. The number of H-pyrrole nitrogens is 1. The number of rotatable bonds is 12. The van der Waals surface area contributed by atoms with Crippen LogP contribution in [0.2, 0.25) is 0 Å². The van der Waals surface area contributed by atoms with Gasteiger partial charge in [0, 0.05) is 39.5 Å². The van der Waals surface area contributed by atoms with Gasteiger partial charge in [-0.3, -0.25) is 19.2 Å². The summed E-state index contributed by atoms with van der Waals surface area (Å²) < 4.78 is 62.8. The Morgan fingerprint density at radius 3 is 2.47 bits per heavy atom. The number of aryl methyl sites for hydroxylation is 2. The predicted octanol–water partition coefficient (Wildman–Crippen LogP) is 0.825. The number of esters is 1. The Balaban J connectivity index is 1.54. The van der Waals surface area contributed by atoms with Gasteiger partial charge >= 0.3 is 5.97 Å². The van der Waals surface area contributed by atoms with Crippen LogP contribution in [0.4, 0.5) is 0 Å². The number of sulfone groups is 1. The lowest BCUT2D eigenvalue weighted by molar-refractivity contribution is -0.144. The third kappa shape index (κ3) is 7.39. The molecular formula is C26H36N6O8S3. The molecule has 1 saturated heterocycles. The van der Waals surface area contributed by atoms with E-state index in [4.69, 9.17) is 9.47 Å². The van der Waals surface area contributed by atoms with Gasteiger partial charge in [-0.1, -0.05) is 13.3 Å². The second-order valence-electron chi connectivity index (χ2n) is 10.2. The van der Waals surface area contributed by atoms with E-state index in [2.05, 4.69) is 27.7 Å². The van der Waals surface area contributed by atoms with Crippen LogP contribution in [-0.2, 0) is 42.9 Å². The Kier molecular flexibility index (Phi) is 10.2. The van der Waals surface area contributed by atoms with Gasteiger partial charge in [0.05, 0.1) is 29.3 Å². The first-order chi connectivity index (χ1) is 20.3. The molecule has 0 saturated carbocycles. The second kappa shape index (κ2) is 13.3. The van der Waals surface area contributed by atoms with E-state index in [-0.39, 0.29) is 50.1 Å². The highest BCUT2D eigenvalue weighted by molar-refractivity contribution is 8.04. The number of carbonyl (C=O) groups excluding carboxylic acids is 1. The number of aromatic nitrogens is 4. The fraction of sp³-hybridized carbons (Fsp3) is 0.538. The minimum absolute atomic E-state index is 0.00197. The van der Waals surface area contributed by atoms with E-state index >= 15 is 0 Å². The number of hydrogen-bond donors (Lipinski definition) is 2. The summed E-state index contributed by atoms with van der Waals surface area (Å²) in [6.07, 6.45) is 2.44. The summed E-state index contributed by atoms with van der Waals surface area (Å²) in [6, 6.07) is 4.44. The molecular weight excluding hydrogens is 621 g/mol. The van der Waals surface area contributed by atoms with E-state index in [9.17, 15) is 26.4 Å². The molecule has 43 heavy (non-hydrogen) atoms. The number of aromatic amines is 1. The molecule has 2 aromatic heterocycles. The van der Waals surface area contributed by atoms with Crippen molar-refractivity contribution in [3.05, 3.63) is 34.2 Å². The molecule has 0 aliphatic carbocycles. The van der Waals surface area contributed by atoms with Gasteiger partial charge in [0.15, 0.2) is 15.4 Å². The number of nitrogens with one attached hydrogen (secondary N) is 1. The van der Waals surface area contributed by atoms with E-state index in [0.717, 1.165) is 12.7 Å². The van der Waals surface area contributed by atoms with Crippen LogP contribution in [0.5, 0.6) is 5.75 Å². The Bertz CT molecular complexity index is 1760. The van der Waals surface area contributed by atoms with Crippen LogP contribution >= 0.6 is 12.6 Å². The number of benzene rings is 1. The van der Waals surface area contributed by atoms with Crippen molar-refractivity contribution in [2.24, 2.45) is 7.05 Å². The molecule has 1 unspecified atom stereocenters. The molecule has 14 nitrogen and oxygen atoms in total. The molecule has 1 aliphatic rings. The lowest BCUT2D eigenvalue weighted by Crippen LogP contribution is -2.50. The first kappa shape index (κ1) is 32.9. The first-order valence-corrected chi connectivity index (χ1v) is 17.7. The summed E-state index contributed by atoms with van der Waals surface area (Å²) in [5.41, 5.74) is 1.39. The maximum Gasteiger partial charge on any atom is 0.320 e. The minimum Gasteiger partial charge on any atom is -0.493 e. The van der Waals surface area contributed by atoms with Gasteiger partial charge in [0.25, 0.3) is 5.56 Å². The van der Waals surface area contributed by atoms with Crippen LogP contribution in [0.3, 0.4) is 0 Å². The number of fused-ring (bicyclic) bond motifs is 1. The number of thiol groups is 1. The molecule has 0 radical (unpaired) electrons. The Labute approximate surface area is 255 Å². The second-order valence-corrected chi connectivity index (χ2v) is 15.3. The van der Waals surface area contributed by atoms with Crippen LogP contribution < -0.4 is 10.3 Å². The van der Waals surface area contributed by atoms with Crippen LogP contribution in [0.1, 0.15) is 26.0 Å². The van der Waals surface area contributed by atoms with Crippen molar-refractivity contribution >= 4 is 49.5 Å². The van der Waals surface area contributed by atoms with Gasteiger partial charge in [-0.2, -0.15) is 22.0 Å². The Morgan fingerprint density at radius 2 is 1.84 bits per heavy atom. The normalized spacial score (nSPS) is 15.9. The van der Waals surface area contributed by atoms with Crippen molar-refractivity contribution < 1.29 is 31.1 Å². The number of nitrogens with zero attached hydrogens (tertiary/aromatic N) is 5. The van der Waals surface area contributed by atoms with Crippen molar-refractivity contribution in [3.63, 3.8) is 0 Å². The summed E-state index contributed by atoms with van der Waals surface area (Å²) in [4.78, 5) is 34.4. The van der Waals surface area contributed by atoms with Gasteiger partial charge in [0.1, 0.15) is 28.3 Å². The van der Waals surface area contributed by atoms with Crippen LogP contribution in [0, 0.1) is 0 Å². The molecule has 4 rings (SSSR count). The molecule has 1 aliphatic heterocycles. The number of ether oxygens (including phenoxy) is 2. The summed E-state index contributed by atoms with van der Waals surface area (Å²) in [7, 11) is -5.74. The van der Waals surface area contributed by atoms with Gasteiger partial charge < -0.3 is 14.5 Å². The zero-order chi connectivity index (χ0) is 31.5. The Morgan fingerprint density at radius 1 is 1.14 bits per heavy atom. The molecule has 1 N–H and O–H groups in total. The van der Waals surface area contributed by atoms with Crippen molar-refractivity contribution in [1.82, 2.24) is 29.0 Å². The predicted molar refractivity (Wildman–Crippen MR) is 164 cm³/mol. The average molecular weight is 657 g/mol. The molecule has 3 heterocycles. The van der Waals surface area contributed by atoms with Crippen molar-refractivity contribution in [3.8, 4) is 17.1 Å². The van der Waals surface area contributed by atoms with E-state index in [0.29, 0.717) is 41.1 Å². The van der Waals surface area contributed by atoms with Gasteiger partial charge in [-0.15, -0.1) is 0 Å². The third-order valence-corrected chi connectivity index (χ3v) is 11.3. The molecule has 0 bridgehead atoms. The molecule has 17 heteroatoms. The summed E-state index contributed by atoms with van der Waals surface area (Å²) >= 11 is 3.93. The average Bonchev–Trinajstić information content (AvgIpc) is 3.27. The van der Waals surface area contributed by atoms with Gasteiger partial charge in [-0.25, -0.2) is 21.8 Å².